The predicted octanol–water partition coefficient (Wildman–Crippen LogP) is 3.22. The highest BCUT2D eigenvalue weighted by atomic mass is 32.1. The van der Waals surface area contributed by atoms with Crippen molar-refractivity contribution in [3.05, 3.63) is 46.4 Å². The lowest BCUT2D eigenvalue weighted by Crippen LogP contribution is -2.14. The number of hydrogen-bond acceptors (Lipinski definition) is 4. The van der Waals surface area contributed by atoms with Crippen LogP contribution >= 0.6 is 11.3 Å². The zero-order chi connectivity index (χ0) is 12.8. The van der Waals surface area contributed by atoms with Crippen LogP contribution in [0.15, 0.2) is 35.8 Å². The van der Waals surface area contributed by atoms with Gasteiger partial charge in [0.15, 0.2) is 0 Å². The van der Waals surface area contributed by atoms with E-state index in [2.05, 4.69) is 16.4 Å². The van der Waals surface area contributed by atoms with Gasteiger partial charge in [0.25, 0.3) is 0 Å². The highest BCUT2D eigenvalue weighted by molar-refractivity contribution is 7.09. The van der Waals surface area contributed by atoms with Crippen molar-refractivity contribution in [2.45, 2.75) is 33.0 Å². The summed E-state index contributed by atoms with van der Waals surface area (Å²) in [7, 11) is 0. The quantitative estimate of drug-likeness (QED) is 0.868. The molecule has 0 radical (unpaired) electrons. The summed E-state index contributed by atoms with van der Waals surface area (Å²) in [5, 5.41) is 6.49. The van der Waals surface area contributed by atoms with Crippen LogP contribution in [0.25, 0.3) is 0 Å². The van der Waals surface area contributed by atoms with Crippen molar-refractivity contribution < 1.29 is 4.74 Å². The van der Waals surface area contributed by atoms with Crippen LogP contribution < -0.4 is 10.1 Å². The van der Waals surface area contributed by atoms with E-state index in [1.807, 2.05) is 43.6 Å². The molecule has 0 spiro atoms. The SMILES string of the molecule is CC(C)Oc1ccccc1CNCc1nccs1. The molecule has 2 rings (SSSR count). The summed E-state index contributed by atoms with van der Waals surface area (Å²) in [5.41, 5.74) is 1.18. The van der Waals surface area contributed by atoms with E-state index in [0.717, 1.165) is 23.8 Å². The molecule has 2 aromatic rings. The van der Waals surface area contributed by atoms with Crippen LogP contribution in [-0.4, -0.2) is 11.1 Å². The number of hydrogen-bond donors (Lipinski definition) is 1. The fraction of sp³-hybridized carbons (Fsp3) is 0.357. The molecule has 0 bridgehead atoms. The normalized spacial score (nSPS) is 10.8. The molecule has 0 saturated heterocycles. The molecule has 1 N–H and O–H groups in total. The molecule has 0 aliphatic heterocycles. The first-order valence-corrected chi connectivity index (χ1v) is 6.97. The van der Waals surface area contributed by atoms with Crippen LogP contribution in [0.5, 0.6) is 5.75 Å². The van der Waals surface area contributed by atoms with Crippen molar-refractivity contribution >= 4 is 11.3 Å². The fourth-order valence-corrected chi connectivity index (χ4v) is 2.25. The Hall–Kier alpha value is -1.39. The highest BCUT2D eigenvalue weighted by Crippen LogP contribution is 2.19. The minimum absolute atomic E-state index is 0.199. The van der Waals surface area contributed by atoms with Crippen LogP contribution in [0.2, 0.25) is 0 Å². The monoisotopic (exact) mass is 262 g/mol. The largest absolute Gasteiger partial charge is 0.491 e. The maximum absolute atomic E-state index is 5.78. The zero-order valence-corrected chi connectivity index (χ0v) is 11.5. The first-order chi connectivity index (χ1) is 8.75. The molecular formula is C14H18N2OS. The molecule has 18 heavy (non-hydrogen) atoms. The maximum atomic E-state index is 5.78. The van der Waals surface area contributed by atoms with E-state index in [9.17, 15) is 0 Å². The molecule has 0 unspecified atom stereocenters. The average molecular weight is 262 g/mol. The molecule has 1 aromatic heterocycles. The Bertz CT molecular complexity index is 468. The molecule has 0 amide bonds. The molecule has 0 aliphatic carbocycles. The Labute approximate surface area is 112 Å². The summed E-state index contributed by atoms with van der Waals surface area (Å²) in [6, 6.07) is 8.14. The number of thiazole rings is 1. The minimum Gasteiger partial charge on any atom is -0.491 e. The van der Waals surface area contributed by atoms with Gasteiger partial charge < -0.3 is 10.1 Å². The molecule has 0 atom stereocenters. The van der Waals surface area contributed by atoms with E-state index in [0.29, 0.717) is 0 Å². The summed E-state index contributed by atoms with van der Waals surface area (Å²) in [4.78, 5) is 4.24. The third kappa shape index (κ3) is 3.82. The van der Waals surface area contributed by atoms with Crippen molar-refractivity contribution in [2.75, 3.05) is 0 Å². The smallest absolute Gasteiger partial charge is 0.124 e. The van der Waals surface area contributed by atoms with E-state index in [4.69, 9.17) is 4.74 Å². The van der Waals surface area contributed by atoms with Crippen LogP contribution in [0.3, 0.4) is 0 Å². The number of para-hydroxylation sites is 1. The van der Waals surface area contributed by atoms with Gasteiger partial charge in [-0.15, -0.1) is 11.3 Å². The molecule has 3 nitrogen and oxygen atoms in total. The van der Waals surface area contributed by atoms with E-state index in [1.165, 1.54) is 5.56 Å². The number of ether oxygens (including phenoxy) is 1. The Morgan fingerprint density at radius 2 is 2.11 bits per heavy atom. The van der Waals surface area contributed by atoms with E-state index < -0.39 is 0 Å². The minimum atomic E-state index is 0.199. The topological polar surface area (TPSA) is 34.1 Å². The van der Waals surface area contributed by atoms with Crippen molar-refractivity contribution in [2.24, 2.45) is 0 Å². The predicted molar refractivity (Wildman–Crippen MR) is 74.9 cm³/mol. The fourth-order valence-electron chi connectivity index (χ4n) is 1.66. The number of aromatic nitrogens is 1. The van der Waals surface area contributed by atoms with Gasteiger partial charge in [-0.1, -0.05) is 18.2 Å². The molecule has 1 aromatic carbocycles. The van der Waals surface area contributed by atoms with Crippen molar-refractivity contribution in [3.8, 4) is 5.75 Å². The van der Waals surface area contributed by atoms with Gasteiger partial charge in [-0.25, -0.2) is 4.98 Å². The van der Waals surface area contributed by atoms with Crippen LogP contribution in [0.4, 0.5) is 0 Å². The second kappa shape index (κ2) is 6.52. The summed E-state index contributed by atoms with van der Waals surface area (Å²) >= 11 is 1.67. The zero-order valence-electron chi connectivity index (χ0n) is 10.7. The van der Waals surface area contributed by atoms with Gasteiger partial charge in [-0.3, -0.25) is 0 Å². The van der Waals surface area contributed by atoms with Gasteiger partial charge in [-0.05, 0) is 19.9 Å². The highest BCUT2D eigenvalue weighted by Gasteiger charge is 2.04. The third-order valence-electron chi connectivity index (χ3n) is 2.41. The third-order valence-corrected chi connectivity index (χ3v) is 3.19. The summed E-state index contributed by atoms with van der Waals surface area (Å²) in [5.74, 6) is 0.958. The van der Waals surface area contributed by atoms with Gasteiger partial charge in [0.2, 0.25) is 0 Å². The Morgan fingerprint density at radius 1 is 1.28 bits per heavy atom. The summed E-state index contributed by atoms with van der Waals surface area (Å²) in [6.07, 6.45) is 2.03. The van der Waals surface area contributed by atoms with Gasteiger partial charge in [0.05, 0.1) is 6.10 Å². The number of benzene rings is 1. The lowest BCUT2D eigenvalue weighted by atomic mass is 10.2. The van der Waals surface area contributed by atoms with E-state index >= 15 is 0 Å². The first-order valence-electron chi connectivity index (χ1n) is 6.09. The van der Waals surface area contributed by atoms with Crippen molar-refractivity contribution in [3.63, 3.8) is 0 Å². The van der Waals surface area contributed by atoms with E-state index in [-0.39, 0.29) is 6.10 Å². The van der Waals surface area contributed by atoms with Crippen LogP contribution in [-0.2, 0) is 13.1 Å². The van der Waals surface area contributed by atoms with Gasteiger partial charge in [-0.2, -0.15) is 0 Å². The second-order valence-corrected chi connectivity index (χ2v) is 5.28. The Balaban J connectivity index is 1.92. The van der Waals surface area contributed by atoms with Gasteiger partial charge in [0.1, 0.15) is 10.8 Å². The van der Waals surface area contributed by atoms with Gasteiger partial charge >= 0.3 is 0 Å². The standard InChI is InChI=1S/C14H18N2OS/c1-11(2)17-13-6-4-3-5-12(13)9-15-10-14-16-7-8-18-14/h3-8,11,15H,9-10H2,1-2H3. The molecule has 0 aliphatic rings. The molecule has 0 saturated carbocycles. The van der Waals surface area contributed by atoms with Crippen molar-refractivity contribution in [1.29, 1.82) is 0 Å². The van der Waals surface area contributed by atoms with Crippen LogP contribution in [0, 0.1) is 0 Å². The molecule has 96 valence electrons. The molecule has 0 fully saturated rings. The molecule has 1 heterocycles. The molecule has 4 heteroatoms. The maximum Gasteiger partial charge on any atom is 0.124 e. The lowest BCUT2D eigenvalue weighted by molar-refractivity contribution is 0.239. The number of nitrogens with one attached hydrogen (secondary N) is 1. The first kappa shape index (κ1) is 13.1. The van der Waals surface area contributed by atoms with Crippen LogP contribution in [0.1, 0.15) is 24.4 Å². The Kier molecular flexibility index (Phi) is 4.73. The molecular weight excluding hydrogens is 244 g/mol. The number of rotatable bonds is 6. The van der Waals surface area contributed by atoms with Gasteiger partial charge in [0, 0.05) is 30.2 Å². The summed E-state index contributed by atoms with van der Waals surface area (Å²) < 4.78 is 5.78. The number of nitrogens with zero attached hydrogens (tertiary/aromatic N) is 1. The average Bonchev–Trinajstić information content (AvgIpc) is 2.84. The summed E-state index contributed by atoms with van der Waals surface area (Å²) in [6.45, 7) is 5.68. The van der Waals surface area contributed by atoms with Crippen molar-refractivity contribution in [1.82, 2.24) is 10.3 Å². The second-order valence-electron chi connectivity index (χ2n) is 4.30. The van der Waals surface area contributed by atoms with E-state index in [1.54, 1.807) is 11.3 Å². The lowest BCUT2D eigenvalue weighted by Gasteiger charge is -2.14. The Morgan fingerprint density at radius 3 is 2.83 bits per heavy atom.